The molecule has 0 spiro atoms. The van der Waals surface area contributed by atoms with Gasteiger partial charge in [-0.05, 0) is 30.3 Å². The standard InChI is InChI=1S/C21H22N6O2/c1-29-20(28)16-6-2-3-7-17(16)24-18-9-11-23-21(25-18)27-14-12-26(13-15-27)19-8-4-5-10-22-19/h2-11H,12-15H2,1H3,(H,23,24,25). The average molecular weight is 390 g/mol. The summed E-state index contributed by atoms with van der Waals surface area (Å²) >= 11 is 0. The molecule has 1 N–H and O–H groups in total. The van der Waals surface area contributed by atoms with Crippen molar-refractivity contribution >= 4 is 29.2 Å². The van der Waals surface area contributed by atoms with Crippen molar-refractivity contribution in [1.29, 1.82) is 0 Å². The lowest BCUT2D eigenvalue weighted by molar-refractivity contribution is 0.0602. The maximum atomic E-state index is 12.0. The minimum absolute atomic E-state index is 0.395. The Kier molecular flexibility index (Phi) is 5.51. The zero-order chi connectivity index (χ0) is 20.1. The summed E-state index contributed by atoms with van der Waals surface area (Å²) in [7, 11) is 1.37. The van der Waals surface area contributed by atoms with Crippen LogP contribution in [-0.2, 0) is 4.74 Å². The van der Waals surface area contributed by atoms with Crippen molar-refractivity contribution in [2.75, 3.05) is 48.4 Å². The molecular weight excluding hydrogens is 368 g/mol. The number of aromatic nitrogens is 3. The Hall–Kier alpha value is -3.68. The van der Waals surface area contributed by atoms with E-state index < -0.39 is 5.97 Å². The summed E-state index contributed by atoms with van der Waals surface area (Å²) in [5, 5.41) is 3.20. The quantitative estimate of drug-likeness (QED) is 0.666. The molecule has 1 fully saturated rings. The summed E-state index contributed by atoms with van der Waals surface area (Å²) in [5.74, 6) is 1.88. The summed E-state index contributed by atoms with van der Waals surface area (Å²) in [6.45, 7) is 3.31. The first kappa shape index (κ1) is 18.7. The highest BCUT2D eigenvalue weighted by Gasteiger charge is 2.20. The highest BCUT2D eigenvalue weighted by Crippen LogP contribution is 2.22. The van der Waals surface area contributed by atoms with Gasteiger partial charge in [0.25, 0.3) is 0 Å². The van der Waals surface area contributed by atoms with Crippen molar-refractivity contribution in [2.24, 2.45) is 0 Å². The van der Waals surface area contributed by atoms with Gasteiger partial charge in [0.2, 0.25) is 5.95 Å². The molecule has 29 heavy (non-hydrogen) atoms. The fraction of sp³-hybridized carbons (Fsp3) is 0.238. The molecule has 0 amide bonds. The summed E-state index contributed by atoms with van der Waals surface area (Å²) in [4.78, 5) is 29.9. The van der Waals surface area contributed by atoms with Gasteiger partial charge in [-0.3, -0.25) is 0 Å². The molecule has 0 unspecified atom stereocenters. The number of rotatable bonds is 5. The van der Waals surface area contributed by atoms with E-state index in [2.05, 4.69) is 30.1 Å². The molecule has 1 saturated heterocycles. The first-order valence-corrected chi connectivity index (χ1v) is 9.43. The number of methoxy groups -OCH3 is 1. The Labute approximate surface area is 169 Å². The third kappa shape index (κ3) is 4.26. The maximum absolute atomic E-state index is 12.0. The second-order valence-corrected chi connectivity index (χ2v) is 6.57. The molecule has 8 heteroatoms. The predicted octanol–water partition coefficient (Wildman–Crippen LogP) is 2.73. The van der Waals surface area contributed by atoms with Crippen LogP contribution in [0.3, 0.4) is 0 Å². The molecule has 8 nitrogen and oxygen atoms in total. The van der Waals surface area contributed by atoms with E-state index >= 15 is 0 Å². The molecule has 0 saturated carbocycles. The molecule has 1 aromatic carbocycles. The van der Waals surface area contributed by atoms with Gasteiger partial charge in [-0.25, -0.2) is 14.8 Å². The van der Waals surface area contributed by atoms with Gasteiger partial charge < -0.3 is 19.9 Å². The van der Waals surface area contributed by atoms with Crippen LogP contribution in [0.15, 0.2) is 60.9 Å². The SMILES string of the molecule is COC(=O)c1ccccc1Nc1ccnc(N2CCN(c3ccccn3)CC2)n1. The fourth-order valence-corrected chi connectivity index (χ4v) is 3.26. The molecule has 148 valence electrons. The van der Waals surface area contributed by atoms with E-state index in [9.17, 15) is 4.79 Å². The van der Waals surface area contributed by atoms with Gasteiger partial charge >= 0.3 is 5.97 Å². The number of esters is 1. The molecule has 0 atom stereocenters. The largest absolute Gasteiger partial charge is 0.465 e. The smallest absolute Gasteiger partial charge is 0.339 e. The van der Waals surface area contributed by atoms with Crippen LogP contribution < -0.4 is 15.1 Å². The van der Waals surface area contributed by atoms with Crippen molar-refractivity contribution in [2.45, 2.75) is 0 Å². The Bertz CT molecular complexity index is 974. The minimum atomic E-state index is -0.395. The van der Waals surface area contributed by atoms with Crippen LogP contribution in [0.5, 0.6) is 0 Å². The molecule has 3 heterocycles. The molecule has 4 rings (SSSR count). The summed E-state index contributed by atoms with van der Waals surface area (Å²) < 4.78 is 4.85. The third-order valence-corrected chi connectivity index (χ3v) is 4.77. The van der Waals surface area contributed by atoms with E-state index in [0.717, 1.165) is 32.0 Å². The van der Waals surface area contributed by atoms with E-state index in [1.54, 1.807) is 24.4 Å². The van der Waals surface area contributed by atoms with Gasteiger partial charge in [0.1, 0.15) is 11.6 Å². The lowest BCUT2D eigenvalue weighted by Crippen LogP contribution is -2.47. The first-order valence-electron chi connectivity index (χ1n) is 9.43. The van der Waals surface area contributed by atoms with Crippen LogP contribution in [-0.4, -0.2) is 54.2 Å². The predicted molar refractivity (Wildman–Crippen MR) is 112 cm³/mol. The Morgan fingerprint density at radius 1 is 0.931 bits per heavy atom. The second kappa shape index (κ2) is 8.55. The van der Waals surface area contributed by atoms with Crippen molar-refractivity contribution in [3.05, 3.63) is 66.5 Å². The summed E-state index contributed by atoms with van der Waals surface area (Å²) in [6.07, 6.45) is 3.53. The van der Waals surface area contributed by atoms with Gasteiger partial charge in [-0.2, -0.15) is 4.98 Å². The highest BCUT2D eigenvalue weighted by atomic mass is 16.5. The second-order valence-electron chi connectivity index (χ2n) is 6.57. The Morgan fingerprint density at radius 3 is 2.45 bits per heavy atom. The minimum Gasteiger partial charge on any atom is -0.465 e. The molecular formula is C21H22N6O2. The van der Waals surface area contributed by atoms with Gasteiger partial charge in [-0.1, -0.05) is 18.2 Å². The van der Waals surface area contributed by atoms with E-state index in [-0.39, 0.29) is 0 Å². The van der Waals surface area contributed by atoms with Crippen LogP contribution in [0, 0.1) is 0 Å². The average Bonchev–Trinajstić information content (AvgIpc) is 2.80. The van der Waals surface area contributed by atoms with Crippen molar-refractivity contribution in [1.82, 2.24) is 15.0 Å². The first-order chi connectivity index (χ1) is 14.2. The number of anilines is 4. The van der Waals surface area contributed by atoms with Gasteiger partial charge in [0, 0.05) is 38.6 Å². The van der Waals surface area contributed by atoms with Gasteiger partial charge in [0.05, 0.1) is 18.4 Å². The van der Waals surface area contributed by atoms with Crippen molar-refractivity contribution in [3.63, 3.8) is 0 Å². The van der Waals surface area contributed by atoms with E-state index in [1.807, 2.05) is 36.5 Å². The molecule has 0 radical (unpaired) electrons. The highest BCUT2D eigenvalue weighted by molar-refractivity contribution is 5.96. The van der Waals surface area contributed by atoms with E-state index in [4.69, 9.17) is 4.74 Å². The lowest BCUT2D eigenvalue weighted by atomic mass is 10.2. The van der Waals surface area contributed by atoms with Gasteiger partial charge in [0.15, 0.2) is 0 Å². The number of nitrogens with one attached hydrogen (secondary N) is 1. The monoisotopic (exact) mass is 390 g/mol. The Balaban J connectivity index is 1.46. The van der Waals surface area contributed by atoms with E-state index in [1.165, 1.54) is 7.11 Å². The molecule has 1 aliphatic heterocycles. The number of benzene rings is 1. The van der Waals surface area contributed by atoms with Crippen LogP contribution in [0.25, 0.3) is 0 Å². The number of carbonyl (C=O) groups excluding carboxylic acids is 1. The topological polar surface area (TPSA) is 83.5 Å². The number of piperazine rings is 1. The third-order valence-electron chi connectivity index (χ3n) is 4.77. The zero-order valence-electron chi connectivity index (χ0n) is 16.2. The number of para-hydroxylation sites is 1. The molecule has 2 aromatic heterocycles. The van der Waals surface area contributed by atoms with Crippen molar-refractivity contribution < 1.29 is 9.53 Å². The summed E-state index contributed by atoms with van der Waals surface area (Å²) in [6, 6.07) is 14.9. The zero-order valence-corrected chi connectivity index (χ0v) is 16.2. The number of nitrogens with zero attached hydrogens (tertiary/aromatic N) is 5. The maximum Gasteiger partial charge on any atom is 0.339 e. The van der Waals surface area contributed by atoms with Crippen LogP contribution in [0.2, 0.25) is 0 Å². The number of ether oxygens (including phenoxy) is 1. The number of carbonyl (C=O) groups is 1. The van der Waals surface area contributed by atoms with Gasteiger partial charge in [-0.15, -0.1) is 0 Å². The van der Waals surface area contributed by atoms with E-state index in [0.29, 0.717) is 23.0 Å². The Morgan fingerprint density at radius 2 is 1.69 bits per heavy atom. The lowest BCUT2D eigenvalue weighted by Gasteiger charge is -2.35. The van der Waals surface area contributed by atoms with Crippen LogP contribution in [0.1, 0.15) is 10.4 Å². The molecule has 0 bridgehead atoms. The number of pyridine rings is 1. The van der Waals surface area contributed by atoms with Crippen LogP contribution >= 0.6 is 0 Å². The number of hydrogen-bond donors (Lipinski definition) is 1. The fourth-order valence-electron chi connectivity index (χ4n) is 3.26. The number of hydrogen-bond acceptors (Lipinski definition) is 8. The molecule has 3 aromatic rings. The normalized spacial score (nSPS) is 13.8. The molecule has 0 aliphatic carbocycles. The van der Waals surface area contributed by atoms with Crippen molar-refractivity contribution in [3.8, 4) is 0 Å². The summed E-state index contributed by atoms with van der Waals surface area (Å²) in [5.41, 5.74) is 1.10. The molecule has 1 aliphatic rings. The van der Waals surface area contributed by atoms with Crippen LogP contribution in [0.4, 0.5) is 23.3 Å².